The molecule has 0 aromatic carbocycles. The van der Waals surface area contributed by atoms with E-state index in [4.69, 9.17) is 16.3 Å². The summed E-state index contributed by atoms with van der Waals surface area (Å²) in [5, 5.41) is 13.6. The van der Waals surface area contributed by atoms with Crippen molar-refractivity contribution in [3.05, 3.63) is 33.1 Å². The number of nitrogens with zero attached hydrogens (tertiary/aromatic N) is 2. The van der Waals surface area contributed by atoms with E-state index in [2.05, 4.69) is 10.3 Å². The molecule has 1 aliphatic heterocycles. The van der Waals surface area contributed by atoms with Crippen molar-refractivity contribution in [1.82, 2.24) is 10.3 Å². The van der Waals surface area contributed by atoms with E-state index in [1.165, 1.54) is 6.07 Å². The van der Waals surface area contributed by atoms with Crippen LogP contribution in [0.25, 0.3) is 0 Å². The van der Waals surface area contributed by atoms with Crippen molar-refractivity contribution in [1.29, 1.82) is 0 Å². The van der Waals surface area contributed by atoms with E-state index < -0.39 is 10.8 Å². The van der Waals surface area contributed by atoms with Gasteiger partial charge in [-0.1, -0.05) is 11.6 Å². The van der Waals surface area contributed by atoms with Crippen LogP contribution in [-0.2, 0) is 4.74 Å². The second-order valence-corrected chi connectivity index (χ2v) is 4.53. The Balaban J connectivity index is 2.17. The SMILES string of the molecule is O=C(NC1CCOCC1)c1cc(Cl)ncc1[N+](=O)[O-]. The Labute approximate surface area is 114 Å². The third-order valence-electron chi connectivity index (χ3n) is 2.85. The van der Waals surface area contributed by atoms with Crippen molar-refractivity contribution in [2.75, 3.05) is 13.2 Å². The number of aromatic nitrogens is 1. The van der Waals surface area contributed by atoms with Crippen LogP contribution in [0.1, 0.15) is 23.2 Å². The zero-order valence-electron chi connectivity index (χ0n) is 9.97. The molecule has 1 amide bonds. The molecule has 1 saturated heterocycles. The molecule has 2 heterocycles. The van der Waals surface area contributed by atoms with E-state index in [-0.39, 0.29) is 22.4 Å². The average molecular weight is 286 g/mol. The van der Waals surface area contributed by atoms with E-state index in [1.54, 1.807) is 0 Å². The van der Waals surface area contributed by atoms with E-state index >= 15 is 0 Å². The first-order valence-electron chi connectivity index (χ1n) is 5.76. The average Bonchev–Trinajstić information content (AvgIpc) is 2.39. The van der Waals surface area contributed by atoms with Gasteiger partial charge in [0.1, 0.15) is 16.9 Å². The van der Waals surface area contributed by atoms with Gasteiger partial charge >= 0.3 is 0 Å². The first kappa shape index (κ1) is 13.7. The van der Waals surface area contributed by atoms with Gasteiger partial charge in [0, 0.05) is 19.3 Å². The Kier molecular flexibility index (Phi) is 4.28. The number of carbonyl (C=O) groups excluding carboxylic acids is 1. The highest BCUT2D eigenvalue weighted by Gasteiger charge is 2.24. The van der Waals surface area contributed by atoms with Gasteiger partial charge in [0.25, 0.3) is 11.6 Å². The van der Waals surface area contributed by atoms with Crippen molar-refractivity contribution >= 4 is 23.2 Å². The number of rotatable bonds is 3. The van der Waals surface area contributed by atoms with Gasteiger partial charge in [-0.3, -0.25) is 14.9 Å². The normalized spacial score (nSPS) is 16.1. The number of nitro groups is 1. The maximum absolute atomic E-state index is 12.0. The minimum Gasteiger partial charge on any atom is -0.381 e. The second-order valence-electron chi connectivity index (χ2n) is 4.14. The molecule has 1 aromatic heterocycles. The van der Waals surface area contributed by atoms with Crippen LogP contribution >= 0.6 is 11.6 Å². The van der Waals surface area contributed by atoms with Gasteiger partial charge in [-0.2, -0.15) is 0 Å². The quantitative estimate of drug-likeness (QED) is 0.516. The Morgan fingerprint density at radius 3 is 2.84 bits per heavy atom. The second kappa shape index (κ2) is 5.94. The van der Waals surface area contributed by atoms with Crippen LogP contribution in [0.4, 0.5) is 5.69 Å². The molecule has 0 spiro atoms. The fourth-order valence-corrected chi connectivity index (χ4v) is 2.01. The van der Waals surface area contributed by atoms with Gasteiger partial charge in [0.15, 0.2) is 0 Å². The molecule has 0 saturated carbocycles. The molecule has 1 aromatic rings. The standard InChI is InChI=1S/C11H12ClN3O4/c12-10-5-8(9(6-13-10)15(17)18)11(16)14-7-1-3-19-4-2-7/h5-7H,1-4H2,(H,14,16). The van der Waals surface area contributed by atoms with Gasteiger partial charge in [0.2, 0.25) is 0 Å². The number of amides is 1. The van der Waals surface area contributed by atoms with Gasteiger partial charge in [-0.05, 0) is 18.9 Å². The van der Waals surface area contributed by atoms with Gasteiger partial charge < -0.3 is 10.1 Å². The molecule has 0 atom stereocenters. The Bertz CT molecular complexity index is 503. The molecule has 0 aliphatic carbocycles. The molecule has 1 aliphatic rings. The third kappa shape index (κ3) is 3.39. The number of hydrogen-bond donors (Lipinski definition) is 1. The largest absolute Gasteiger partial charge is 0.381 e. The molecule has 8 heteroatoms. The topological polar surface area (TPSA) is 94.4 Å². The van der Waals surface area contributed by atoms with Crippen LogP contribution in [0.3, 0.4) is 0 Å². The summed E-state index contributed by atoms with van der Waals surface area (Å²) >= 11 is 5.67. The Hall–Kier alpha value is -1.73. The molecule has 0 bridgehead atoms. The van der Waals surface area contributed by atoms with Crippen LogP contribution in [0.5, 0.6) is 0 Å². The molecule has 0 unspecified atom stereocenters. The molecule has 19 heavy (non-hydrogen) atoms. The summed E-state index contributed by atoms with van der Waals surface area (Å²) in [5.41, 5.74) is -0.426. The summed E-state index contributed by atoms with van der Waals surface area (Å²) < 4.78 is 5.18. The smallest absolute Gasteiger partial charge is 0.300 e. The first-order chi connectivity index (χ1) is 9.08. The number of ether oxygens (including phenoxy) is 1. The first-order valence-corrected chi connectivity index (χ1v) is 6.14. The molecule has 0 radical (unpaired) electrons. The number of halogens is 1. The lowest BCUT2D eigenvalue weighted by Gasteiger charge is -2.23. The van der Waals surface area contributed by atoms with Crippen molar-refractivity contribution in [2.45, 2.75) is 18.9 Å². The highest BCUT2D eigenvalue weighted by Crippen LogP contribution is 2.20. The minimum atomic E-state index is -0.651. The summed E-state index contributed by atoms with van der Waals surface area (Å²) in [6.07, 6.45) is 2.37. The van der Waals surface area contributed by atoms with Crippen molar-refractivity contribution < 1.29 is 14.5 Å². The predicted molar refractivity (Wildman–Crippen MR) is 67.2 cm³/mol. The summed E-state index contributed by atoms with van der Waals surface area (Å²) in [6, 6.07) is 1.17. The molecule has 2 rings (SSSR count). The number of nitrogens with one attached hydrogen (secondary N) is 1. The van der Waals surface area contributed by atoms with Crippen LogP contribution in [0, 0.1) is 10.1 Å². The van der Waals surface area contributed by atoms with E-state index in [1.807, 2.05) is 0 Å². The molecule has 1 N–H and O–H groups in total. The maximum atomic E-state index is 12.0. The zero-order chi connectivity index (χ0) is 13.8. The fourth-order valence-electron chi connectivity index (χ4n) is 1.86. The predicted octanol–water partition coefficient (Wildman–Crippen LogP) is 1.55. The van der Waals surface area contributed by atoms with Crippen LogP contribution in [-0.4, -0.2) is 35.1 Å². The van der Waals surface area contributed by atoms with Crippen LogP contribution < -0.4 is 5.32 Å². The number of hydrogen-bond acceptors (Lipinski definition) is 5. The Morgan fingerprint density at radius 1 is 1.53 bits per heavy atom. The highest BCUT2D eigenvalue weighted by atomic mass is 35.5. The van der Waals surface area contributed by atoms with Crippen molar-refractivity contribution in [3.63, 3.8) is 0 Å². The zero-order valence-corrected chi connectivity index (χ0v) is 10.7. The number of carbonyl (C=O) groups is 1. The maximum Gasteiger partial charge on any atom is 0.300 e. The fraction of sp³-hybridized carbons (Fsp3) is 0.455. The summed E-state index contributed by atoms with van der Waals surface area (Å²) in [7, 11) is 0. The minimum absolute atomic E-state index is 0.0344. The highest BCUT2D eigenvalue weighted by molar-refractivity contribution is 6.29. The lowest BCUT2D eigenvalue weighted by Crippen LogP contribution is -2.39. The van der Waals surface area contributed by atoms with E-state index in [0.717, 1.165) is 6.20 Å². The van der Waals surface area contributed by atoms with E-state index in [9.17, 15) is 14.9 Å². The van der Waals surface area contributed by atoms with Crippen LogP contribution in [0.15, 0.2) is 12.3 Å². The van der Waals surface area contributed by atoms with Gasteiger partial charge in [0.05, 0.1) is 4.92 Å². The Morgan fingerprint density at radius 2 is 2.21 bits per heavy atom. The molecule has 102 valence electrons. The third-order valence-corrected chi connectivity index (χ3v) is 3.05. The van der Waals surface area contributed by atoms with E-state index in [0.29, 0.717) is 26.1 Å². The molecular weight excluding hydrogens is 274 g/mol. The van der Waals surface area contributed by atoms with Crippen molar-refractivity contribution in [2.24, 2.45) is 0 Å². The lowest BCUT2D eigenvalue weighted by atomic mass is 10.1. The summed E-state index contributed by atoms with van der Waals surface area (Å²) in [5.74, 6) is -0.511. The molecular formula is C11H12ClN3O4. The van der Waals surface area contributed by atoms with Crippen LogP contribution in [0.2, 0.25) is 5.15 Å². The van der Waals surface area contributed by atoms with Gasteiger partial charge in [-0.15, -0.1) is 0 Å². The van der Waals surface area contributed by atoms with Gasteiger partial charge in [-0.25, -0.2) is 4.98 Å². The summed E-state index contributed by atoms with van der Waals surface area (Å²) in [4.78, 5) is 25.9. The monoisotopic (exact) mass is 285 g/mol. The number of pyridine rings is 1. The molecule has 7 nitrogen and oxygen atoms in total. The summed E-state index contributed by atoms with van der Waals surface area (Å²) in [6.45, 7) is 1.15. The molecule has 1 fully saturated rings. The lowest BCUT2D eigenvalue weighted by molar-refractivity contribution is -0.385. The van der Waals surface area contributed by atoms with Crippen molar-refractivity contribution in [3.8, 4) is 0 Å².